The van der Waals surface area contributed by atoms with Crippen LogP contribution < -0.4 is 14.8 Å². The average molecular weight is 549 g/mol. The summed E-state index contributed by atoms with van der Waals surface area (Å²) in [5.41, 5.74) is 2.36. The Morgan fingerprint density at radius 3 is 2.59 bits per heavy atom. The van der Waals surface area contributed by atoms with E-state index in [9.17, 15) is 4.79 Å². The quantitative estimate of drug-likeness (QED) is 0.237. The van der Waals surface area contributed by atoms with Gasteiger partial charge in [0, 0.05) is 0 Å². The number of nitrogens with one attached hydrogen (secondary N) is 1. The van der Waals surface area contributed by atoms with Crippen molar-refractivity contribution in [3.05, 3.63) is 105 Å². The molecule has 4 aromatic carbocycles. The van der Waals surface area contributed by atoms with Gasteiger partial charge in [-0.3, -0.25) is 4.79 Å². The highest BCUT2D eigenvalue weighted by Crippen LogP contribution is 2.36. The Balaban J connectivity index is 1.33. The largest absolute Gasteiger partial charge is 0.490 e. The lowest BCUT2D eigenvalue weighted by atomic mass is 10.1. The highest BCUT2D eigenvalue weighted by atomic mass is 35.5. The molecule has 1 heterocycles. The molecular weight excluding hydrogens is 527 g/mol. The van der Waals surface area contributed by atoms with Crippen molar-refractivity contribution < 1.29 is 14.3 Å². The minimum atomic E-state index is -0.239. The van der Waals surface area contributed by atoms with Gasteiger partial charge < -0.3 is 14.8 Å². The molecule has 0 spiro atoms. The summed E-state index contributed by atoms with van der Waals surface area (Å²) in [4.78, 5) is 17.5. The number of amidine groups is 1. The molecule has 186 valence electrons. The molecule has 0 unspecified atom stereocenters. The van der Waals surface area contributed by atoms with E-state index >= 15 is 0 Å². The van der Waals surface area contributed by atoms with Crippen molar-refractivity contribution in [3.63, 3.8) is 0 Å². The van der Waals surface area contributed by atoms with Crippen LogP contribution in [0.4, 0.5) is 5.69 Å². The van der Waals surface area contributed by atoms with Gasteiger partial charge in [0.15, 0.2) is 16.7 Å². The first-order valence-corrected chi connectivity index (χ1v) is 13.2. The smallest absolute Gasteiger partial charge is 0.264 e. The SMILES string of the molecule is CCOc1cc(/C=C2/SC(=Nc3cccc(Cl)c3Cl)NC2=O)ccc1OCc1ccc2ccccc2c1. The van der Waals surface area contributed by atoms with E-state index in [1.165, 1.54) is 22.5 Å². The maximum Gasteiger partial charge on any atom is 0.264 e. The minimum Gasteiger partial charge on any atom is -0.490 e. The number of carbonyl (C=O) groups excluding carboxylic acids is 1. The molecule has 4 aromatic rings. The Bertz CT molecular complexity index is 1550. The molecule has 5 rings (SSSR count). The van der Waals surface area contributed by atoms with E-state index in [0.29, 0.717) is 50.5 Å². The van der Waals surface area contributed by atoms with Crippen LogP contribution in [-0.4, -0.2) is 17.7 Å². The van der Waals surface area contributed by atoms with Crippen LogP contribution in [0.25, 0.3) is 16.8 Å². The fourth-order valence-corrected chi connectivity index (χ4v) is 4.98. The third-order valence-electron chi connectivity index (χ3n) is 5.58. The summed E-state index contributed by atoms with van der Waals surface area (Å²) in [5, 5.41) is 6.30. The lowest BCUT2D eigenvalue weighted by Gasteiger charge is -2.13. The number of thioether (sulfide) groups is 1. The van der Waals surface area contributed by atoms with Gasteiger partial charge in [0.05, 0.1) is 27.2 Å². The highest BCUT2D eigenvalue weighted by molar-refractivity contribution is 8.18. The maximum atomic E-state index is 12.6. The first kappa shape index (κ1) is 25.2. The number of hydrogen-bond donors (Lipinski definition) is 1. The second-order valence-corrected chi connectivity index (χ2v) is 9.98. The van der Waals surface area contributed by atoms with Gasteiger partial charge in [0.2, 0.25) is 0 Å². The number of rotatable bonds is 7. The number of hydrogen-bond acceptors (Lipinski definition) is 5. The second-order valence-electron chi connectivity index (χ2n) is 8.16. The van der Waals surface area contributed by atoms with Crippen molar-refractivity contribution >= 4 is 68.6 Å². The molecule has 1 fully saturated rings. The zero-order valence-corrected chi connectivity index (χ0v) is 22.2. The molecule has 1 aliphatic rings. The van der Waals surface area contributed by atoms with E-state index < -0.39 is 0 Å². The molecule has 1 amide bonds. The van der Waals surface area contributed by atoms with Crippen molar-refractivity contribution in [1.82, 2.24) is 5.32 Å². The molecule has 8 heteroatoms. The molecule has 5 nitrogen and oxygen atoms in total. The van der Waals surface area contributed by atoms with Gasteiger partial charge in [-0.15, -0.1) is 0 Å². The van der Waals surface area contributed by atoms with E-state index in [1.54, 1.807) is 24.3 Å². The van der Waals surface area contributed by atoms with Crippen LogP contribution >= 0.6 is 35.0 Å². The molecule has 1 saturated heterocycles. The Labute approximate surface area is 229 Å². The number of fused-ring (bicyclic) bond motifs is 1. The number of ether oxygens (including phenoxy) is 2. The van der Waals surface area contributed by atoms with Crippen LogP contribution in [0.2, 0.25) is 10.0 Å². The highest BCUT2D eigenvalue weighted by Gasteiger charge is 2.24. The molecular formula is C29H22Cl2N2O3S. The lowest BCUT2D eigenvalue weighted by Crippen LogP contribution is -2.19. The third kappa shape index (κ3) is 5.93. The first-order chi connectivity index (χ1) is 18.0. The van der Waals surface area contributed by atoms with Crippen LogP contribution in [0.5, 0.6) is 11.5 Å². The zero-order valence-electron chi connectivity index (χ0n) is 19.8. The van der Waals surface area contributed by atoms with Gasteiger partial charge in [0.1, 0.15) is 6.61 Å². The fraction of sp³-hybridized carbons (Fsp3) is 0.103. The van der Waals surface area contributed by atoms with Gasteiger partial charge in [0.25, 0.3) is 5.91 Å². The Morgan fingerprint density at radius 1 is 0.919 bits per heavy atom. The number of aliphatic imine (C=N–C) groups is 1. The molecule has 37 heavy (non-hydrogen) atoms. The molecule has 0 aromatic heterocycles. The van der Waals surface area contributed by atoms with Crippen LogP contribution in [0.3, 0.4) is 0 Å². The molecule has 1 aliphatic heterocycles. The lowest BCUT2D eigenvalue weighted by molar-refractivity contribution is -0.115. The molecule has 1 N–H and O–H groups in total. The summed E-state index contributed by atoms with van der Waals surface area (Å²) in [6, 6.07) is 25.3. The fourth-order valence-electron chi connectivity index (χ4n) is 3.81. The number of nitrogens with zero attached hydrogens (tertiary/aromatic N) is 1. The van der Waals surface area contributed by atoms with Crippen LogP contribution in [-0.2, 0) is 11.4 Å². The van der Waals surface area contributed by atoms with Gasteiger partial charge in [-0.2, -0.15) is 0 Å². The topological polar surface area (TPSA) is 59.9 Å². The van der Waals surface area contributed by atoms with Crippen LogP contribution in [0.15, 0.2) is 88.8 Å². The van der Waals surface area contributed by atoms with Crippen LogP contribution in [0.1, 0.15) is 18.1 Å². The van der Waals surface area contributed by atoms with Crippen molar-refractivity contribution in [2.45, 2.75) is 13.5 Å². The second kappa shape index (κ2) is 11.3. The van der Waals surface area contributed by atoms with Crippen molar-refractivity contribution in [3.8, 4) is 11.5 Å². The summed E-state index contributed by atoms with van der Waals surface area (Å²) in [6.45, 7) is 2.82. The molecule has 0 bridgehead atoms. The van der Waals surface area contributed by atoms with Gasteiger partial charge >= 0.3 is 0 Å². The molecule has 0 radical (unpaired) electrons. The summed E-state index contributed by atoms with van der Waals surface area (Å²) >= 11 is 13.5. The molecule has 0 saturated carbocycles. The summed E-state index contributed by atoms with van der Waals surface area (Å²) < 4.78 is 11.9. The Morgan fingerprint density at radius 2 is 1.76 bits per heavy atom. The van der Waals surface area contributed by atoms with E-state index in [1.807, 2.05) is 37.3 Å². The van der Waals surface area contributed by atoms with Crippen LogP contribution in [0, 0.1) is 0 Å². The van der Waals surface area contributed by atoms with Crippen molar-refractivity contribution in [2.24, 2.45) is 4.99 Å². The van der Waals surface area contributed by atoms with E-state index in [2.05, 4.69) is 40.6 Å². The normalized spacial score (nSPS) is 15.4. The maximum absolute atomic E-state index is 12.6. The Kier molecular flexibility index (Phi) is 7.70. The standard InChI is InChI=1S/C29H22Cl2N2O3S/c1-2-35-25-15-18(11-13-24(25)36-17-19-10-12-20-6-3-4-7-21(20)14-19)16-26-28(34)33-29(37-26)32-23-9-5-8-22(30)27(23)31/h3-16H,2,17H2,1H3,(H,32,33,34)/b26-16+. The first-order valence-electron chi connectivity index (χ1n) is 11.6. The average Bonchev–Trinajstić information content (AvgIpc) is 3.24. The molecule has 0 aliphatic carbocycles. The van der Waals surface area contributed by atoms with Crippen molar-refractivity contribution in [2.75, 3.05) is 6.61 Å². The van der Waals surface area contributed by atoms with E-state index in [-0.39, 0.29) is 5.91 Å². The predicted octanol–water partition coefficient (Wildman–Crippen LogP) is 8.02. The number of halogens is 2. The van der Waals surface area contributed by atoms with E-state index in [4.69, 9.17) is 32.7 Å². The summed E-state index contributed by atoms with van der Waals surface area (Å²) in [6.07, 6.45) is 1.79. The van der Waals surface area contributed by atoms with Gasteiger partial charge in [-0.05, 0) is 77.0 Å². The zero-order chi connectivity index (χ0) is 25.8. The number of amides is 1. The number of carbonyl (C=O) groups is 1. The minimum absolute atomic E-state index is 0.239. The molecule has 0 atom stereocenters. The van der Waals surface area contributed by atoms with E-state index in [0.717, 1.165) is 11.1 Å². The summed E-state index contributed by atoms with van der Waals surface area (Å²) in [7, 11) is 0. The monoisotopic (exact) mass is 548 g/mol. The third-order valence-corrected chi connectivity index (χ3v) is 7.30. The predicted molar refractivity (Wildman–Crippen MR) is 153 cm³/mol. The van der Waals surface area contributed by atoms with Gasteiger partial charge in [-0.1, -0.05) is 71.7 Å². The summed E-state index contributed by atoms with van der Waals surface area (Å²) in [5.74, 6) is 1.01. The number of benzene rings is 4. The van der Waals surface area contributed by atoms with Crippen molar-refractivity contribution in [1.29, 1.82) is 0 Å². The van der Waals surface area contributed by atoms with Gasteiger partial charge in [-0.25, -0.2) is 4.99 Å². The Hall–Kier alpha value is -3.45.